The van der Waals surface area contributed by atoms with Gasteiger partial charge in [-0.05, 0) is 24.7 Å². The van der Waals surface area contributed by atoms with Crippen LogP contribution in [0.4, 0.5) is 0 Å². The summed E-state index contributed by atoms with van der Waals surface area (Å²) in [5, 5.41) is 0. The molecule has 0 aliphatic carbocycles. The number of rotatable bonds is 10. The molecule has 1 fully saturated rings. The SMILES string of the molecule is COCCOCCOCCC1(CCl)CCOCC1. The minimum Gasteiger partial charge on any atom is -0.382 e. The molecule has 0 aromatic rings. The van der Waals surface area contributed by atoms with Crippen molar-refractivity contribution in [3.05, 3.63) is 0 Å². The molecule has 0 N–H and O–H groups in total. The van der Waals surface area contributed by atoms with Crippen molar-refractivity contribution in [1.29, 1.82) is 0 Å². The maximum atomic E-state index is 6.08. The molecule has 1 saturated heterocycles. The Hall–Kier alpha value is 0.130. The second-order valence-corrected chi connectivity index (χ2v) is 4.98. The molecule has 0 atom stereocenters. The van der Waals surface area contributed by atoms with E-state index in [1.54, 1.807) is 7.11 Å². The summed E-state index contributed by atoms with van der Waals surface area (Å²) < 4.78 is 21.2. The Morgan fingerprint density at radius 1 is 1.00 bits per heavy atom. The molecule has 1 aliphatic heterocycles. The molecule has 0 radical (unpaired) electrons. The van der Waals surface area contributed by atoms with E-state index in [0.717, 1.165) is 39.1 Å². The van der Waals surface area contributed by atoms with Gasteiger partial charge in [0.25, 0.3) is 0 Å². The van der Waals surface area contributed by atoms with Crippen LogP contribution in [0.3, 0.4) is 0 Å². The van der Waals surface area contributed by atoms with Gasteiger partial charge in [0.15, 0.2) is 0 Å². The summed E-state index contributed by atoms with van der Waals surface area (Å²) in [7, 11) is 1.67. The molecule has 0 spiro atoms. The maximum absolute atomic E-state index is 6.08. The first-order chi connectivity index (χ1) is 8.83. The molecule has 1 rings (SSSR count). The van der Waals surface area contributed by atoms with Gasteiger partial charge in [-0.15, -0.1) is 11.6 Å². The van der Waals surface area contributed by atoms with Crippen LogP contribution in [0, 0.1) is 5.41 Å². The molecule has 4 nitrogen and oxygen atoms in total. The van der Waals surface area contributed by atoms with Gasteiger partial charge in [-0.3, -0.25) is 0 Å². The summed E-state index contributed by atoms with van der Waals surface area (Å²) >= 11 is 6.08. The van der Waals surface area contributed by atoms with Gasteiger partial charge in [-0.1, -0.05) is 0 Å². The average Bonchev–Trinajstić information content (AvgIpc) is 2.43. The van der Waals surface area contributed by atoms with Crippen molar-refractivity contribution in [1.82, 2.24) is 0 Å². The molecule has 18 heavy (non-hydrogen) atoms. The number of alkyl halides is 1. The summed E-state index contributed by atoms with van der Waals surface area (Å²) in [5.41, 5.74) is 0.219. The van der Waals surface area contributed by atoms with Crippen LogP contribution in [0.25, 0.3) is 0 Å². The summed E-state index contributed by atoms with van der Waals surface area (Å²) in [6.45, 7) is 4.93. The number of ether oxygens (including phenoxy) is 4. The minimum absolute atomic E-state index is 0.219. The topological polar surface area (TPSA) is 36.9 Å². The third-order valence-corrected chi connectivity index (χ3v) is 3.98. The van der Waals surface area contributed by atoms with Gasteiger partial charge in [0.1, 0.15) is 0 Å². The first kappa shape index (κ1) is 16.2. The first-order valence-electron chi connectivity index (χ1n) is 6.61. The highest BCUT2D eigenvalue weighted by atomic mass is 35.5. The van der Waals surface area contributed by atoms with Crippen molar-refractivity contribution in [2.24, 2.45) is 5.41 Å². The van der Waals surface area contributed by atoms with Crippen molar-refractivity contribution in [2.45, 2.75) is 19.3 Å². The Kier molecular flexibility index (Phi) is 8.98. The van der Waals surface area contributed by atoms with Crippen molar-refractivity contribution < 1.29 is 18.9 Å². The average molecular weight is 281 g/mol. The van der Waals surface area contributed by atoms with Gasteiger partial charge >= 0.3 is 0 Å². The largest absolute Gasteiger partial charge is 0.382 e. The van der Waals surface area contributed by atoms with Crippen LogP contribution in [-0.4, -0.2) is 59.2 Å². The molecular weight excluding hydrogens is 256 g/mol. The molecular formula is C13H25ClO4. The highest BCUT2D eigenvalue weighted by molar-refractivity contribution is 6.18. The summed E-state index contributed by atoms with van der Waals surface area (Å²) in [6.07, 6.45) is 3.10. The maximum Gasteiger partial charge on any atom is 0.0701 e. The third-order valence-electron chi connectivity index (χ3n) is 3.42. The minimum atomic E-state index is 0.219. The van der Waals surface area contributed by atoms with E-state index in [-0.39, 0.29) is 5.41 Å². The molecule has 0 saturated carbocycles. The van der Waals surface area contributed by atoms with Crippen LogP contribution in [0.5, 0.6) is 0 Å². The van der Waals surface area contributed by atoms with Gasteiger partial charge in [0, 0.05) is 32.8 Å². The Balaban J connectivity index is 1.98. The lowest BCUT2D eigenvalue weighted by molar-refractivity contribution is -0.00885. The summed E-state index contributed by atoms with van der Waals surface area (Å²) in [5.74, 6) is 0.698. The summed E-state index contributed by atoms with van der Waals surface area (Å²) in [4.78, 5) is 0. The lowest BCUT2D eigenvalue weighted by atomic mass is 9.79. The molecule has 0 aromatic heterocycles. The first-order valence-corrected chi connectivity index (χ1v) is 7.14. The van der Waals surface area contributed by atoms with Gasteiger partial charge in [-0.2, -0.15) is 0 Å². The van der Waals surface area contributed by atoms with E-state index in [4.69, 9.17) is 30.5 Å². The highest BCUT2D eigenvalue weighted by Crippen LogP contribution is 2.35. The number of hydrogen-bond acceptors (Lipinski definition) is 4. The Morgan fingerprint density at radius 2 is 1.61 bits per heavy atom. The van der Waals surface area contributed by atoms with E-state index in [1.807, 2.05) is 0 Å². The molecule has 1 aliphatic rings. The fourth-order valence-electron chi connectivity index (χ4n) is 2.01. The number of hydrogen-bond donors (Lipinski definition) is 0. The molecule has 0 unspecified atom stereocenters. The van der Waals surface area contributed by atoms with E-state index in [2.05, 4.69) is 0 Å². The van der Waals surface area contributed by atoms with Crippen LogP contribution < -0.4 is 0 Å². The Labute approximate surface area is 115 Å². The van der Waals surface area contributed by atoms with Crippen LogP contribution in [0.2, 0.25) is 0 Å². The zero-order valence-electron chi connectivity index (χ0n) is 11.3. The van der Waals surface area contributed by atoms with Gasteiger partial charge in [0.2, 0.25) is 0 Å². The quantitative estimate of drug-likeness (QED) is 0.454. The molecule has 0 amide bonds. The van der Waals surface area contributed by atoms with E-state index in [0.29, 0.717) is 32.3 Å². The lowest BCUT2D eigenvalue weighted by Crippen LogP contribution is -2.32. The van der Waals surface area contributed by atoms with Gasteiger partial charge in [0.05, 0.1) is 26.4 Å². The monoisotopic (exact) mass is 280 g/mol. The van der Waals surface area contributed by atoms with Gasteiger partial charge < -0.3 is 18.9 Å². The van der Waals surface area contributed by atoms with Crippen LogP contribution in [-0.2, 0) is 18.9 Å². The third kappa shape index (κ3) is 6.34. The molecule has 5 heteroatoms. The molecule has 0 aromatic carbocycles. The smallest absolute Gasteiger partial charge is 0.0701 e. The predicted molar refractivity (Wildman–Crippen MR) is 71.3 cm³/mol. The second kappa shape index (κ2) is 9.98. The zero-order valence-corrected chi connectivity index (χ0v) is 12.0. The van der Waals surface area contributed by atoms with Crippen LogP contribution in [0.1, 0.15) is 19.3 Å². The van der Waals surface area contributed by atoms with Crippen molar-refractivity contribution in [3.63, 3.8) is 0 Å². The van der Waals surface area contributed by atoms with E-state index < -0.39 is 0 Å². The van der Waals surface area contributed by atoms with Crippen molar-refractivity contribution >= 4 is 11.6 Å². The highest BCUT2D eigenvalue weighted by Gasteiger charge is 2.31. The van der Waals surface area contributed by atoms with Crippen LogP contribution >= 0.6 is 11.6 Å². The predicted octanol–water partition coefficient (Wildman–Crippen LogP) is 2.09. The standard InChI is InChI=1S/C13H25ClO4/c1-15-8-9-18-11-10-17-7-4-13(12-14)2-5-16-6-3-13/h2-12H2,1H3. The van der Waals surface area contributed by atoms with Gasteiger partial charge in [-0.25, -0.2) is 0 Å². The number of methoxy groups -OCH3 is 1. The zero-order chi connectivity index (χ0) is 13.1. The normalized spacial score (nSPS) is 19.0. The second-order valence-electron chi connectivity index (χ2n) is 4.71. The fraction of sp³-hybridized carbons (Fsp3) is 1.00. The Morgan fingerprint density at radius 3 is 2.22 bits per heavy atom. The van der Waals surface area contributed by atoms with E-state index >= 15 is 0 Å². The number of halogens is 1. The van der Waals surface area contributed by atoms with Crippen molar-refractivity contribution in [2.75, 3.05) is 59.2 Å². The van der Waals surface area contributed by atoms with Crippen molar-refractivity contribution in [3.8, 4) is 0 Å². The summed E-state index contributed by atoms with van der Waals surface area (Å²) in [6, 6.07) is 0. The molecule has 108 valence electrons. The van der Waals surface area contributed by atoms with E-state index in [1.165, 1.54) is 0 Å². The Bertz CT molecular complexity index is 195. The van der Waals surface area contributed by atoms with E-state index in [9.17, 15) is 0 Å². The van der Waals surface area contributed by atoms with Crippen LogP contribution in [0.15, 0.2) is 0 Å². The lowest BCUT2D eigenvalue weighted by Gasteiger charge is -2.35. The fourth-order valence-corrected chi connectivity index (χ4v) is 2.41. The molecule has 0 bridgehead atoms. The molecule has 1 heterocycles.